The summed E-state index contributed by atoms with van der Waals surface area (Å²) in [4.78, 5) is 11.3. The van der Waals surface area contributed by atoms with E-state index in [1.807, 2.05) is 36.4 Å². The Kier molecular flexibility index (Phi) is 6.14. The second kappa shape index (κ2) is 8.09. The quantitative estimate of drug-likeness (QED) is 0.622. The van der Waals surface area contributed by atoms with Crippen LogP contribution >= 0.6 is 15.9 Å². The van der Waals surface area contributed by atoms with Crippen LogP contribution in [0, 0.1) is 13.8 Å². The summed E-state index contributed by atoms with van der Waals surface area (Å²) in [6, 6.07) is 16.4. The van der Waals surface area contributed by atoms with Gasteiger partial charge >= 0.3 is 0 Å². The van der Waals surface area contributed by atoms with Crippen LogP contribution in [0.5, 0.6) is 0 Å². The van der Waals surface area contributed by atoms with Gasteiger partial charge in [-0.1, -0.05) is 58.4 Å². The van der Waals surface area contributed by atoms with Gasteiger partial charge in [-0.2, -0.15) is 0 Å². The summed E-state index contributed by atoms with van der Waals surface area (Å²) in [5, 5.41) is 0. The molecule has 3 rings (SSSR count). The maximum absolute atomic E-state index is 11.3. The van der Waals surface area contributed by atoms with Gasteiger partial charge in [-0.05, 0) is 61.1 Å². The standard InChI is InChI=1S/C13H14O.C7H7Br/c1-10-5-2-3-8-13(10)11-6-4-7-12(14)9-11;1-6-4-2-3-5-7(6)8/h2-3,5,8-9H,4,6-7H2,1H3;2-5H,1H3. The molecule has 2 aromatic carbocycles. The largest absolute Gasteiger partial charge is 0.295 e. The molecule has 0 atom stereocenters. The van der Waals surface area contributed by atoms with Gasteiger partial charge in [-0.25, -0.2) is 0 Å². The van der Waals surface area contributed by atoms with Crippen molar-refractivity contribution in [2.24, 2.45) is 0 Å². The van der Waals surface area contributed by atoms with E-state index in [-0.39, 0.29) is 5.78 Å². The molecule has 0 fully saturated rings. The molecule has 0 heterocycles. The summed E-state index contributed by atoms with van der Waals surface area (Å²) in [6.45, 7) is 4.17. The number of allylic oxidation sites excluding steroid dienone is 2. The lowest BCUT2D eigenvalue weighted by Gasteiger charge is -2.13. The van der Waals surface area contributed by atoms with Gasteiger partial charge in [0.2, 0.25) is 0 Å². The second-order valence-corrected chi connectivity index (χ2v) is 6.41. The number of hydrogen-bond acceptors (Lipinski definition) is 1. The van der Waals surface area contributed by atoms with E-state index in [2.05, 4.69) is 48.0 Å². The first-order valence-electron chi connectivity index (χ1n) is 7.58. The first-order valence-corrected chi connectivity index (χ1v) is 8.38. The van der Waals surface area contributed by atoms with Crippen LogP contribution < -0.4 is 0 Å². The predicted molar refractivity (Wildman–Crippen MR) is 96.9 cm³/mol. The molecule has 0 saturated carbocycles. The number of ketones is 1. The smallest absolute Gasteiger partial charge is 0.155 e. The number of halogens is 1. The minimum Gasteiger partial charge on any atom is -0.295 e. The van der Waals surface area contributed by atoms with E-state index in [9.17, 15) is 4.79 Å². The first-order chi connectivity index (χ1) is 10.6. The molecule has 0 aromatic heterocycles. The maximum Gasteiger partial charge on any atom is 0.155 e. The normalized spacial score (nSPS) is 14.0. The molecular formula is C20H21BrO. The Morgan fingerprint density at radius 2 is 1.50 bits per heavy atom. The van der Waals surface area contributed by atoms with Gasteiger partial charge < -0.3 is 0 Å². The summed E-state index contributed by atoms with van der Waals surface area (Å²) in [7, 11) is 0. The number of carbonyl (C=O) groups excluding carboxylic acids is 1. The van der Waals surface area contributed by atoms with Crippen LogP contribution in [-0.4, -0.2) is 5.78 Å². The lowest BCUT2D eigenvalue weighted by molar-refractivity contribution is -0.114. The van der Waals surface area contributed by atoms with Crippen LogP contribution in [0.4, 0.5) is 0 Å². The van der Waals surface area contributed by atoms with Crippen LogP contribution in [-0.2, 0) is 4.79 Å². The summed E-state index contributed by atoms with van der Waals surface area (Å²) in [5.41, 5.74) is 4.99. The average molecular weight is 357 g/mol. The topological polar surface area (TPSA) is 17.1 Å². The van der Waals surface area contributed by atoms with Crippen molar-refractivity contribution in [3.63, 3.8) is 0 Å². The highest BCUT2D eigenvalue weighted by Crippen LogP contribution is 2.27. The van der Waals surface area contributed by atoms with E-state index in [1.165, 1.54) is 26.7 Å². The minimum atomic E-state index is 0.273. The van der Waals surface area contributed by atoms with E-state index in [0.29, 0.717) is 0 Å². The minimum absolute atomic E-state index is 0.273. The molecule has 0 amide bonds. The average Bonchev–Trinajstić information content (AvgIpc) is 2.51. The van der Waals surface area contributed by atoms with E-state index in [1.54, 1.807) is 0 Å². The monoisotopic (exact) mass is 356 g/mol. The molecule has 22 heavy (non-hydrogen) atoms. The zero-order valence-corrected chi connectivity index (χ0v) is 14.7. The highest BCUT2D eigenvalue weighted by molar-refractivity contribution is 9.10. The Labute approximate surface area is 141 Å². The first kappa shape index (κ1) is 16.7. The van der Waals surface area contributed by atoms with E-state index in [0.717, 1.165) is 19.3 Å². The third kappa shape index (κ3) is 4.67. The molecule has 0 spiro atoms. The Morgan fingerprint density at radius 3 is 2.05 bits per heavy atom. The lowest BCUT2D eigenvalue weighted by Crippen LogP contribution is -2.02. The van der Waals surface area contributed by atoms with E-state index >= 15 is 0 Å². The fourth-order valence-corrected chi connectivity index (χ4v) is 2.77. The molecule has 0 radical (unpaired) electrons. The molecule has 114 valence electrons. The van der Waals surface area contributed by atoms with Crippen molar-refractivity contribution in [3.8, 4) is 0 Å². The molecule has 0 saturated heterocycles. The third-order valence-electron chi connectivity index (χ3n) is 3.77. The van der Waals surface area contributed by atoms with Gasteiger partial charge in [0.1, 0.15) is 0 Å². The molecule has 1 nitrogen and oxygen atoms in total. The van der Waals surface area contributed by atoms with Crippen LogP contribution in [0.3, 0.4) is 0 Å². The molecule has 0 aliphatic heterocycles. The van der Waals surface area contributed by atoms with Crippen molar-refractivity contribution in [1.82, 2.24) is 0 Å². The molecule has 1 aliphatic carbocycles. The Morgan fingerprint density at radius 1 is 0.864 bits per heavy atom. The van der Waals surface area contributed by atoms with Crippen molar-refractivity contribution in [3.05, 3.63) is 75.8 Å². The van der Waals surface area contributed by atoms with Crippen LogP contribution in [0.1, 0.15) is 36.0 Å². The van der Waals surface area contributed by atoms with Crippen LogP contribution in [0.25, 0.3) is 5.57 Å². The van der Waals surface area contributed by atoms with Gasteiger partial charge in [0, 0.05) is 10.9 Å². The molecule has 2 aromatic rings. The van der Waals surface area contributed by atoms with E-state index in [4.69, 9.17) is 0 Å². The Bertz CT molecular complexity index is 665. The number of carbonyl (C=O) groups is 1. The zero-order chi connectivity index (χ0) is 15.9. The molecule has 0 N–H and O–H groups in total. The Balaban J connectivity index is 0.000000188. The highest BCUT2D eigenvalue weighted by atomic mass is 79.9. The number of hydrogen-bond donors (Lipinski definition) is 0. The fourth-order valence-electron chi connectivity index (χ4n) is 2.49. The summed E-state index contributed by atoms with van der Waals surface area (Å²) >= 11 is 3.40. The highest BCUT2D eigenvalue weighted by Gasteiger charge is 2.12. The number of rotatable bonds is 1. The van der Waals surface area contributed by atoms with Gasteiger partial charge in [-0.15, -0.1) is 0 Å². The SMILES string of the molecule is Cc1ccccc1Br.Cc1ccccc1C1=CC(=O)CCC1. The van der Waals surface area contributed by atoms with Crippen molar-refractivity contribution >= 4 is 27.3 Å². The Hall–Kier alpha value is -1.67. The predicted octanol–water partition coefficient (Wildman–Crippen LogP) is 5.89. The van der Waals surface area contributed by atoms with Gasteiger partial charge in [0.25, 0.3) is 0 Å². The molecule has 0 unspecified atom stereocenters. The summed E-state index contributed by atoms with van der Waals surface area (Å²) < 4.78 is 1.18. The number of aryl methyl sites for hydroxylation is 2. The lowest BCUT2D eigenvalue weighted by atomic mass is 9.91. The van der Waals surface area contributed by atoms with E-state index < -0.39 is 0 Å². The molecule has 1 aliphatic rings. The van der Waals surface area contributed by atoms with Gasteiger partial charge in [-0.3, -0.25) is 4.79 Å². The zero-order valence-electron chi connectivity index (χ0n) is 13.1. The third-order valence-corrected chi connectivity index (χ3v) is 4.66. The van der Waals surface area contributed by atoms with Crippen molar-refractivity contribution < 1.29 is 4.79 Å². The second-order valence-electron chi connectivity index (χ2n) is 5.55. The van der Waals surface area contributed by atoms with Gasteiger partial charge in [0.05, 0.1) is 0 Å². The van der Waals surface area contributed by atoms with Crippen LogP contribution in [0.15, 0.2) is 59.1 Å². The summed E-state index contributed by atoms with van der Waals surface area (Å²) in [6.07, 6.45) is 4.57. The van der Waals surface area contributed by atoms with Crippen LogP contribution in [0.2, 0.25) is 0 Å². The van der Waals surface area contributed by atoms with Crippen molar-refractivity contribution in [2.45, 2.75) is 33.1 Å². The maximum atomic E-state index is 11.3. The molecule has 2 heteroatoms. The fraction of sp³-hybridized carbons (Fsp3) is 0.250. The van der Waals surface area contributed by atoms with Gasteiger partial charge in [0.15, 0.2) is 5.78 Å². The molecular weight excluding hydrogens is 336 g/mol. The van der Waals surface area contributed by atoms with Crippen molar-refractivity contribution in [2.75, 3.05) is 0 Å². The summed E-state index contributed by atoms with van der Waals surface area (Å²) in [5.74, 6) is 0.273. The molecule has 0 bridgehead atoms. The number of benzene rings is 2. The van der Waals surface area contributed by atoms with Crippen molar-refractivity contribution in [1.29, 1.82) is 0 Å².